The van der Waals surface area contributed by atoms with Gasteiger partial charge in [-0.3, -0.25) is 0 Å². The average molecular weight is 678 g/mol. The van der Waals surface area contributed by atoms with Gasteiger partial charge in [0.05, 0.1) is 0 Å². The Labute approximate surface area is 291 Å². The fourth-order valence-electron chi connectivity index (χ4n) is 5.39. The van der Waals surface area contributed by atoms with Crippen LogP contribution in [0.4, 0.5) is 0 Å². The van der Waals surface area contributed by atoms with Gasteiger partial charge in [0.15, 0.2) is 0 Å². The second kappa shape index (κ2) is 45.0. The number of rotatable bonds is 34. The Bertz CT molecular complexity index is 578. The molecule has 45 heavy (non-hydrogen) atoms. The van der Waals surface area contributed by atoms with E-state index in [0.717, 1.165) is 25.7 Å². The van der Waals surface area contributed by atoms with Gasteiger partial charge >= 0.3 is 16.5 Å². The number of carbonyl (C=O) groups excluding carboxylic acids is 2. The van der Waals surface area contributed by atoms with Crippen molar-refractivity contribution in [3.63, 3.8) is 0 Å². The zero-order chi connectivity index (χ0) is 32.6. The Morgan fingerprint density at radius 3 is 0.778 bits per heavy atom. The maximum Gasteiger partial charge on any atom is 2.00 e. The van der Waals surface area contributed by atoms with E-state index in [4.69, 9.17) is 0 Å². The van der Waals surface area contributed by atoms with Crippen LogP contribution >= 0.6 is 0 Å². The number of carbonyl (C=O) groups is 2. The molecular weight excluding hydrogens is 603 g/mol. The first-order valence-electron chi connectivity index (χ1n) is 19.2. The van der Waals surface area contributed by atoms with Crippen molar-refractivity contribution in [2.75, 3.05) is 0 Å². The Kier molecular flexibility index (Phi) is 48.4. The molecule has 0 bridgehead atoms. The monoisotopic (exact) mass is 676 g/mol. The van der Waals surface area contributed by atoms with Gasteiger partial charge in [0.1, 0.15) is 0 Å². The predicted molar refractivity (Wildman–Crippen MR) is 187 cm³/mol. The van der Waals surface area contributed by atoms with Gasteiger partial charge in [0.2, 0.25) is 0 Å². The van der Waals surface area contributed by atoms with E-state index in [0.29, 0.717) is 0 Å². The van der Waals surface area contributed by atoms with E-state index in [1.165, 1.54) is 167 Å². The predicted octanol–water partition coefficient (Wildman–Crippen LogP) is 11.1. The summed E-state index contributed by atoms with van der Waals surface area (Å²) < 4.78 is 0. The van der Waals surface area contributed by atoms with E-state index >= 15 is 0 Å². The van der Waals surface area contributed by atoms with Crippen LogP contribution in [0.1, 0.15) is 219 Å². The molecule has 0 aliphatic carbocycles. The molecule has 0 fully saturated rings. The first-order valence-corrected chi connectivity index (χ1v) is 19.2. The summed E-state index contributed by atoms with van der Waals surface area (Å²) in [5.41, 5.74) is 0. The number of unbranched alkanes of at least 4 members (excludes halogenated alkanes) is 26. The van der Waals surface area contributed by atoms with Crippen molar-refractivity contribution in [3.05, 3.63) is 24.3 Å². The van der Waals surface area contributed by atoms with Crippen molar-refractivity contribution in [1.29, 1.82) is 0 Å². The molecule has 0 heterocycles. The zero-order valence-corrected chi connectivity index (χ0v) is 30.9. The number of hydrogen-bond acceptors (Lipinski definition) is 4. The molecule has 0 amide bonds. The molecule has 0 saturated carbocycles. The summed E-state index contributed by atoms with van der Waals surface area (Å²) in [4.78, 5) is 20.5. The second-order valence-corrected chi connectivity index (χ2v) is 12.8. The maximum absolute atomic E-state index is 10.2. The fourth-order valence-corrected chi connectivity index (χ4v) is 5.39. The van der Waals surface area contributed by atoms with Gasteiger partial charge in [-0.1, -0.05) is 167 Å². The molecule has 268 valence electrons. The van der Waals surface area contributed by atoms with Crippen LogP contribution in [-0.2, 0) is 26.1 Å². The molecule has 0 atom stereocenters. The van der Waals surface area contributed by atoms with Gasteiger partial charge < -0.3 is 19.8 Å². The molecule has 5 heteroatoms. The van der Waals surface area contributed by atoms with Crippen molar-refractivity contribution in [3.8, 4) is 0 Å². The summed E-state index contributed by atoms with van der Waals surface area (Å²) >= 11 is 0. The number of carboxylic acids is 2. The van der Waals surface area contributed by atoms with E-state index in [2.05, 4.69) is 38.2 Å². The summed E-state index contributed by atoms with van der Waals surface area (Å²) in [5.74, 6) is -1.82. The Morgan fingerprint density at radius 2 is 0.556 bits per heavy atom. The summed E-state index contributed by atoms with van der Waals surface area (Å²) in [7, 11) is 0. The van der Waals surface area contributed by atoms with E-state index in [9.17, 15) is 19.8 Å². The molecule has 0 saturated heterocycles. The third-order valence-corrected chi connectivity index (χ3v) is 8.29. The Balaban J connectivity index is -0.000000767. The minimum absolute atomic E-state index is 0. The van der Waals surface area contributed by atoms with Crippen LogP contribution in [0.15, 0.2) is 24.3 Å². The minimum Gasteiger partial charge on any atom is -0.550 e. The van der Waals surface area contributed by atoms with E-state index in [-0.39, 0.29) is 29.3 Å². The largest absolute Gasteiger partial charge is 2.00 e. The SMILES string of the molecule is CCCCCCCC/C=C\CCCCCCCCCC(=O)[O-].CCCCCCCC/C=C\CCCCCCCCCC(=O)[O-].[Ni+2]. The topological polar surface area (TPSA) is 80.3 Å². The molecular formula is C40H74NiO4. The molecule has 0 N–H and O–H groups in total. The summed E-state index contributed by atoms with van der Waals surface area (Å²) in [6.45, 7) is 4.53. The van der Waals surface area contributed by atoms with Gasteiger partial charge in [-0.15, -0.1) is 0 Å². The molecule has 0 spiro atoms. The van der Waals surface area contributed by atoms with E-state index < -0.39 is 11.9 Å². The third-order valence-electron chi connectivity index (χ3n) is 8.29. The van der Waals surface area contributed by atoms with Crippen molar-refractivity contribution >= 4 is 11.9 Å². The molecule has 0 radical (unpaired) electrons. The number of carboxylic acid groups (broad SMARTS) is 2. The summed E-state index contributed by atoms with van der Waals surface area (Å²) in [5, 5.41) is 20.5. The van der Waals surface area contributed by atoms with Gasteiger partial charge in [-0.2, -0.15) is 0 Å². The van der Waals surface area contributed by atoms with Crippen LogP contribution < -0.4 is 10.2 Å². The van der Waals surface area contributed by atoms with E-state index in [1.54, 1.807) is 0 Å². The zero-order valence-electron chi connectivity index (χ0n) is 29.9. The van der Waals surface area contributed by atoms with Gasteiger partial charge in [0, 0.05) is 11.9 Å². The molecule has 0 unspecified atom stereocenters. The van der Waals surface area contributed by atoms with Crippen molar-refractivity contribution in [1.82, 2.24) is 0 Å². The van der Waals surface area contributed by atoms with Gasteiger partial charge in [0.25, 0.3) is 0 Å². The average Bonchev–Trinajstić information content (AvgIpc) is 3.00. The number of aliphatic carboxylic acids is 2. The minimum atomic E-state index is -0.909. The molecule has 0 aromatic carbocycles. The quantitative estimate of drug-likeness (QED) is 0.0386. The smallest absolute Gasteiger partial charge is 0.550 e. The van der Waals surface area contributed by atoms with Crippen LogP contribution in [0.25, 0.3) is 0 Å². The molecule has 4 nitrogen and oxygen atoms in total. The van der Waals surface area contributed by atoms with Crippen molar-refractivity contribution < 1.29 is 36.3 Å². The Hall–Kier alpha value is -1.09. The van der Waals surface area contributed by atoms with Crippen LogP contribution in [0, 0.1) is 0 Å². The summed E-state index contributed by atoms with van der Waals surface area (Å²) in [6, 6.07) is 0. The van der Waals surface area contributed by atoms with Crippen LogP contribution in [0.3, 0.4) is 0 Å². The second-order valence-electron chi connectivity index (χ2n) is 12.8. The van der Waals surface area contributed by atoms with E-state index in [1.807, 2.05) is 0 Å². The van der Waals surface area contributed by atoms with Gasteiger partial charge in [-0.05, 0) is 77.0 Å². The molecule has 0 aromatic heterocycles. The number of allylic oxidation sites excluding steroid dienone is 4. The van der Waals surface area contributed by atoms with Crippen molar-refractivity contribution in [2.45, 2.75) is 219 Å². The summed E-state index contributed by atoms with van der Waals surface area (Å²) in [6.07, 6.45) is 47.7. The van der Waals surface area contributed by atoms with Crippen LogP contribution in [-0.4, -0.2) is 11.9 Å². The van der Waals surface area contributed by atoms with Gasteiger partial charge in [-0.25, -0.2) is 0 Å². The molecule has 0 aromatic rings. The molecule has 0 rings (SSSR count). The van der Waals surface area contributed by atoms with Crippen LogP contribution in [0.2, 0.25) is 0 Å². The Morgan fingerprint density at radius 1 is 0.356 bits per heavy atom. The van der Waals surface area contributed by atoms with Crippen molar-refractivity contribution in [2.24, 2.45) is 0 Å². The normalized spacial score (nSPS) is 11.1. The maximum atomic E-state index is 10.2. The molecule has 0 aliphatic rings. The fraction of sp³-hybridized carbons (Fsp3) is 0.850. The molecule has 0 aliphatic heterocycles. The number of hydrogen-bond donors (Lipinski definition) is 0. The van der Waals surface area contributed by atoms with Crippen LogP contribution in [0.5, 0.6) is 0 Å². The third kappa shape index (κ3) is 52.7. The first kappa shape index (κ1) is 48.3. The first-order chi connectivity index (χ1) is 21.5. The standard InChI is InChI=1S/2C20H38O2.Ni/c2*1-2-3-4-5-6-7-8-9-10-11-12-13-14-15-16-17-18-19-20(21)22;/h2*9-10H,2-8,11-19H2,1H3,(H,21,22);/q;;+2/p-2/b2*10-9-;.